The fourth-order valence-corrected chi connectivity index (χ4v) is 4.49. The fraction of sp³-hybridized carbons (Fsp3) is 0.278. The summed E-state index contributed by atoms with van der Waals surface area (Å²) < 4.78 is 40.8. The first-order chi connectivity index (χ1) is 12.3. The summed E-state index contributed by atoms with van der Waals surface area (Å²) in [6.45, 7) is 0. The van der Waals surface area contributed by atoms with E-state index in [2.05, 4.69) is 10.0 Å². The zero-order valence-corrected chi connectivity index (χ0v) is 15.4. The van der Waals surface area contributed by atoms with Crippen LogP contribution in [0.4, 0.5) is 10.1 Å². The molecule has 0 atom stereocenters. The van der Waals surface area contributed by atoms with Crippen LogP contribution in [-0.2, 0) is 10.0 Å². The second-order valence-corrected chi connectivity index (χ2v) is 8.33. The van der Waals surface area contributed by atoms with Gasteiger partial charge < -0.3 is 5.32 Å². The zero-order valence-electron chi connectivity index (χ0n) is 13.8. The van der Waals surface area contributed by atoms with Gasteiger partial charge in [-0.15, -0.1) is 0 Å². The lowest BCUT2D eigenvalue weighted by Gasteiger charge is -2.13. The topological polar surface area (TPSA) is 75.3 Å². The maximum absolute atomic E-state index is 13.1. The molecule has 1 fully saturated rings. The molecule has 8 heteroatoms. The molecule has 26 heavy (non-hydrogen) atoms. The summed E-state index contributed by atoms with van der Waals surface area (Å²) in [6, 6.07) is 9.31. The molecular weight excluding hydrogens is 379 g/mol. The smallest absolute Gasteiger partial charge is 0.255 e. The van der Waals surface area contributed by atoms with Crippen molar-refractivity contribution in [1.29, 1.82) is 0 Å². The van der Waals surface area contributed by atoms with Gasteiger partial charge in [0, 0.05) is 11.6 Å². The van der Waals surface area contributed by atoms with E-state index in [1.54, 1.807) is 0 Å². The Hall–Kier alpha value is -1.96. The molecule has 1 aliphatic carbocycles. The first-order valence-corrected chi connectivity index (χ1v) is 10.1. The molecule has 3 rings (SSSR count). The summed E-state index contributed by atoms with van der Waals surface area (Å²) in [5, 5.41) is 2.61. The largest absolute Gasteiger partial charge is 0.321 e. The Kier molecular flexibility index (Phi) is 5.60. The number of benzene rings is 2. The number of anilines is 1. The quantitative estimate of drug-likeness (QED) is 0.803. The molecule has 138 valence electrons. The lowest BCUT2D eigenvalue weighted by atomic mass is 10.2. The van der Waals surface area contributed by atoms with Gasteiger partial charge in [0.25, 0.3) is 5.91 Å². The van der Waals surface area contributed by atoms with Gasteiger partial charge >= 0.3 is 0 Å². The van der Waals surface area contributed by atoms with Crippen LogP contribution < -0.4 is 10.0 Å². The number of amides is 1. The number of hydrogen-bond donors (Lipinski definition) is 2. The van der Waals surface area contributed by atoms with Crippen molar-refractivity contribution in [3.05, 3.63) is 58.9 Å². The van der Waals surface area contributed by atoms with Gasteiger partial charge in [-0.05, 0) is 49.2 Å². The second kappa shape index (κ2) is 7.73. The third kappa shape index (κ3) is 4.41. The predicted octanol–water partition coefficient (Wildman–Crippen LogP) is 3.95. The molecule has 0 aromatic heterocycles. The summed E-state index contributed by atoms with van der Waals surface area (Å²) in [7, 11) is -3.69. The Labute approximate surface area is 156 Å². The van der Waals surface area contributed by atoms with Crippen molar-refractivity contribution in [2.24, 2.45) is 0 Å². The molecule has 0 heterocycles. The van der Waals surface area contributed by atoms with Crippen molar-refractivity contribution in [3.63, 3.8) is 0 Å². The van der Waals surface area contributed by atoms with Crippen LogP contribution in [0, 0.1) is 5.82 Å². The van der Waals surface area contributed by atoms with Gasteiger partial charge in [0.2, 0.25) is 10.0 Å². The van der Waals surface area contributed by atoms with E-state index in [-0.39, 0.29) is 27.2 Å². The predicted molar refractivity (Wildman–Crippen MR) is 98.4 cm³/mol. The Morgan fingerprint density at radius 3 is 2.54 bits per heavy atom. The summed E-state index contributed by atoms with van der Waals surface area (Å²) in [5.41, 5.74) is 0.412. The first-order valence-electron chi connectivity index (χ1n) is 8.24. The average molecular weight is 397 g/mol. The van der Waals surface area contributed by atoms with E-state index in [9.17, 15) is 17.6 Å². The molecule has 0 unspecified atom stereocenters. The summed E-state index contributed by atoms with van der Waals surface area (Å²) in [5.74, 6) is -1.05. The SMILES string of the molecule is O=C(Nc1ccc(F)cc1Cl)c1cccc(S(=O)(=O)NC2CCCC2)c1. The number of sulfonamides is 1. The maximum Gasteiger partial charge on any atom is 0.255 e. The van der Waals surface area contributed by atoms with Gasteiger partial charge in [0.1, 0.15) is 5.82 Å². The van der Waals surface area contributed by atoms with Crippen LogP contribution in [0.5, 0.6) is 0 Å². The van der Waals surface area contributed by atoms with E-state index in [0.717, 1.165) is 31.7 Å². The highest BCUT2D eigenvalue weighted by Gasteiger charge is 2.23. The van der Waals surface area contributed by atoms with Gasteiger partial charge in [-0.3, -0.25) is 4.79 Å². The Morgan fingerprint density at radius 1 is 1.12 bits per heavy atom. The molecule has 0 radical (unpaired) electrons. The van der Waals surface area contributed by atoms with Crippen LogP contribution in [0.1, 0.15) is 36.0 Å². The van der Waals surface area contributed by atoms with Crippen LogP contribution in [0.25, 0.3) is 0 Å². The highest BCUT2D eigenvalue weighted by Crippen LogP contribution is 2.24. The molecule has 0 spiro atoms. The number of carbonyl (C=O) groups excluding carboxylic acids is 1. The van der Waals surface area contributed by atoms with Crippen molar-refractivity contribution in [2.75, 3.05) is 5.32 Å². The zero-order chi connectivity index (χ0) is 18.7. The van der Waals surface area contributed by atoms with Crippen LogP contribution in [-0.4, -0.2) is 20.4 Å². The van der Waals surface area contributed by atoms with Crippen molar-refractivity contribution in [2.45, 2.75) is 36.6 Å². The number of nitrogens with one attached hydrogen (secondary N) is 2. The molecule has 1 saturated carbocycles. The number of hydrogen-bond acceptors (Lipinski definition) is 3. The summed E-state index contributed by atoms with van der Waals surface area (Å²) >= 11 is 5.90. The Balaban J connectivity index is 1.78. The van der Waals surface area contributed by atoms with Crippen molar-refractivity contribution in [3.8, 4) is 0 Å². The molecule has 1 aliphatic rings. The number of rotatable bonds is 5. The van der Waals surface area contributed by atoms with E-state index in [1.165, 1.54) is 36.4 Å². The van der Waals surface area contributed by atoms with E-state index in [4.69, 9.17) is 11.6 Å². The molecular formula is C18H18ClFN2O3S. The van der Waals surface area contributed by atoms with Gasteiger partial charge in [-0.1, -0.05) is 30.5 Å². The molecule has 2 aromatic carbocycles. The number of carbonyl (C=O) groups is 1. The standard InChI is InChI=1S/C18H18ClFN2O3S/c19-16-11-13(20)8-9-17(16)21-18(23)12-4-3-7-15(10-12)26(24,25)22-14-5-1-2-6-14/h3-4,7-11,14,22H,1-2,5-6H2,(H,21,23). The third-order valence-electron chi connectivity index (χ3n) is 4.26. The van der Waals surface area contributed by atoms with Gasteiger partial charge in [0.15, 0.2) is 0 Å². The lowest BCUT2D eigenvalue weighted by molar-refractivity contribution is 0.102. The Morgan fingerprint density at radius 2 is 1.85 bits per heavy atom. The van der Waals surface area contributed by atoms with Crippen molar-refractivity contribution in [1.82, 2.24) is 4.72 Å². The van der Waals surface area contributed by atoms with Gasteiger partial charge in [-0.2, -0.15) is 0 Å². The minimum atomic E-state index is -3.69. The van der Waals surface area contributed by atoms with Crippen LogP contribution in [0.2, 0.25) is 5.02 Å². The van der Waals surface area contributed by atoms with E-state index in [0.29, 0.717) is 0 Å². The summed E-state index contributed by atoms with van der Waals surface area (Å²) in [6.07, 6.45) is 3.66. The molecule has 5 nitrogen and oxygen atoms in total. The Bertz CT molecular complexity index is 928. The van der Waals surface area contributed by atoms with Crippen LogP contribution in [0.15, 0.2) is 47.4 Å². The highest BCUT2D eigenvalue weighted by molar-refractivity contribution is 7.89. The highest BCUT2D eigenvalue weighted by atomic mass is 35.5. The minimum absolute atomic E-state index is 0.0299. The average Bonchev–Trinajstić information content (AvgIpc) is 3.09. The molecule has 2 N–H and O–H groups in total. The van der Waals surface area contributed by atoms with Gasteiger partial charge in [-0.25, -0.2) is 17.5 Å². The fourth-order valence-electron chi connectivity index (χ4n) is 2.92. The second-order valence-electron chi connectivity index (χ2n) is 6.21. The minimum Gasteiger partial charge on any atom is -0.321 e. The molecule has 2 aromatic rings. The normalized spacial score (nSPS) is 15.2. The van der Waals surface area contributed by atoms with E-state index >= 15 is 0 Å². The first kappa shape index (κ1) is 18.8. The van der Waals surface area contributed by atoms with Gasteiger partial charge in [0.05, 0.1) is 15.6 Å². The maximum atomic E-state index is 13.1. The van der Waals surface area contributed by atoms with Crippen LogP contribution >= 0.6 is 11.6 Å². The van der Waals surface area contributed by atoms with E-state index in [1.807, 2.05) is 0 Å². The molecule has 0 aliphatic heterocycles. The third-order valence-corrected chi connectivity index (χ3v) is 6.09. The van der Waals surface area contributed by atoms with E-state index < -0.39 is 21.7 Å². The molecule has 1 amide bonds. The number of halogens is 2. The monoisotopic (exact) mass is 396 g/mol. The molecule has 0 bridgehead atoms. The van der Waals surface area contributed by atoms with Crippen molar-refractivity contribution < 1.29 is 17.6 Å². The summed E-state index contributed by atoms with van der Waals surface area (Å²) in [4.78, 5) is 12.4. The lowest BCUT2D eigenvalue weighted by Crippen LogP contribution is -2.32. The van der Waals surface area contributed by atoms with Crippen molar-refractivity contribution >= 4 is 33.2 Å². The van der Waals surface area contributed by atoms with Crippen LogP contribution in [0.3, 0.4) is 0 Å². The molecule has 0 saturated heterocycles.